The molecule has 7 nitrogen and oxygen atoms in total. The van der Waals surface area contributed by atoms with Gasteiger partial charge in [0, 0.05) is 35.8 Å². The lowest BCUT2D eigenvalue weighted by atomic mass is 9.70. The number of nitrogens with one attached hydrogen (secondary N) is 1. The van der Waals surface area contributed by atoms with Gasteiger partial charge in [-0.25, -0.2) is 9.97 Å². The first-order chi connectivity index (χ1) is 15.6. The van der Waals surface area contributed by atoms with Crippen LogP contribution in [0.3, 0.4) is 0 Å². The Morgan fingerprint density at radius 2 is 1.94 bits per heavy atom. The van der Waals surface area contributed by atoms with Gasteiger partial charge in [0.1, 0.15) is 17.9 Å². The van der Waals surface area contributed by atoms with Gasteiger partial charge in [0.15, 0.2) is 0 Å². The van der Waals surface area contributed by atoms with Crippen molar-refractivity contribution < 1.29 is 4.74 Å². The predicted octanol–water partition coefficient (Wildman–Crippen LogP) is 3.85. The molecule has 0 atom stereocenters. The smallest absolute Gasteiger partial charge is 0.131 e. The van der Waals surface area contributed by atoms with E-state index in [1.54, 1.807) is 6.33 Å². The second kappa shape index (κ2) is 8.92. The van der Waals surface area contributed by atoms with Gasteiger partial charge in [-0.15, -0.1) is 0 Å². The van der Waals surface area contributed by atoms with Crippen molar-refractivity contribution in [2.45, 2.75) is 83.9 Å². The molecule has 1 heterocycles. The Balaban J connectivity index is 1.74. The van der Waals surface area contributed by atoms with E-state index in [1.807, 2.05) is 13.8 Å². The fourth-order valence-electron chi connectivity index (χ4n) is 5.13. The summed E-state index contributed by atoms with van der Waals surface area (Å²) in [6.45, 7) is 9.51. The number of hydrogen-bond acceptors (Lipinski definition) is 7. The molecule has 1 saturated carbocycles. The van der Waals surface area contributed by atoms with Gasteiger partial charge in [0.2, 0.25) is 0 Å². The lowest BCUT2D eigenvalue weighted by molar-refractivity contribution is 0.145. The SMILES string of the molecule is CC(C)(C#N)CNCc1c(OC2CCC(N)CC2)ccc2c1CC(C)(C)c1c(N)ncnc1-2. The van der Waals surface area contributed by atoms with Crippen LogP contribution in [0, 0.1) is 16.7 Å². The molecule has 0 aliphatic heterocycles. The van der Waals surface area contributed by atoms with E-state index in [0.717, 1.165) is 60.2 Å². The first kappa shape index (κ1) is 23.5. The Morgan fingerprint density at radius 1 is 1.21 bits per heavy atom. The first-order valence-electron chi connectivity index (χ1n) is 11.9. The van der Waals surface area contributed by atoms with Crippen LogP contribution in [0.15, 0.2) is 18.5 Å². The fourth-order valence-corrected chi connectivity index (χ4v) is 5.13. The molecule has 0 bridgehead atoms. The van der Waals surface area contributed by atoms with Gasteiger partial charge in [0.25, 0.3) is 0 Å². The minimum atomic E-state index is -0.442. The molecule has 0 spiro atoms. The molecule has 5 N–H and O–H groups in total. The summed E-state index contributed by atoms with van der Waals surface area (Å²) in [5, 5.41) is 12.9. The number of anilines is 1. The van der Waals surface area contributed by atoms with E-state index >= 15 is 0 Å². The average molecular weight is 449 g/mol. The summed E-state index contributed by atoms with van der Waals surface area (Å²) in [5.74, 6) is 1.46. The van der Waals surface area contributed by atoms with Gasteiger partial charge in [0.05, 0.1) is 23.3 Å². The van der Waals surface area contributed by atoms with Crippen molar-refractivity contribution in [1.29, 1.82) is 5.26 Å². The van der Waals surface area contributed by atoms with Crippen molar-refractivity contribution in [3.8, 4) is 23.1 Å². The number of nitriles is 1. The molecule has 0 radical (unpaired) electrons. The molecular weight excluding hydrogens is 412 g/mol. The minimum absolute atomic E-state index is 0.180. The third kappa shape index (κ3) is 4.83. The van der Waals surface area contributed by atoms with Gasteiger partial charge in [-0.2, -0.15) is 5.26 Å². The van der Waals surface area contributed by atoms with E-state index in [2.05, 4.69) is 47.3 Å². The van der Waals surface area contributed by atoms with Crippen LogP contribution in [0.1, 0.15) is 70.1 Å². The largest absolute Gasteiger partial charge is 0.490 e. The number of nitrogens with zero attached hydrogens (tertiary/aromatic N) is 3. The van der Waals surface area contributed by atoms with Crippen LogP contribution in [0.5, 0.6) is 5.75 Å². The van der Waals surface area contributed by atoms with Crippen molar-refractivity contribution in [3.05, 3.63) is 35.2 Å². The minimum Gasteiger partial charge on any atom is -0.490 e. The van der Waals surface area contributed by atoms with Crippen LogP contribution in [0.4, 0.5) is 5.82 Å². The van der Waals surface area contributed by atoms with E-state index in [9.17, 15) is 5.26 Å². The van der Waals surface area contributed by atoms with E-state index in [-0.39, 0.29) is 17.6 Å². The number of hydrogen-bond donors (Lipinski definition) is 3. The molecule has 0 saturated heterocycles. The Morgan fingerprint density at radius 3 is 2.64 bits per heavy atom. The normalized spacial score (nSPS) is 21.6. The van der Waals surface area contributed by atoms with Crippen LogP contribution in [-0.4, -0.2) is 28.7 Å². The topological polar surface area (TPSA) is 123 Å². The highest BCUT2D eigenvalue weighted by molar-refractivity contribution is 5.77. The Kier molecular flexibility index (Phi) is 6.35. The standard InChI is InChI=1S/C26H36N6O/c1-25(2,13-27)14-30-12-20-19-11-26(3,4)22-23(31-15-32-24(22)29)18(19)9-10-21(20)33-17-7-5-16(28)6-8-17/h9-10,15-17,30H,5-8,11-12,14,28H2,1-4H3,(H2,29,31,32). The highest BCUT2D eigenvalue weighted by Crippen LogP contribution is 2.46. The number of benzene rings is 1. The van der Waals surface area contributed by atoms with Crippen LogP contribution < -0.4 is 21.5 Å². The van der Waals surface area contributed by atoms with Crippen molar-refractivity contribution in [2.24, 2.45) is 11.1 Å². The molecule has 33 heavy (non-hydrogen) atoms. The van der Waals surface area contributed by atoms with Crippen LogP contribution in [0.2, 0.25) is 0 Å². The number of ether oxygens (including phenoxy) is 1. The highest BCUT2D eigenvalue weighted by atomic mass is 16.5. The highest BCUT2D eigenvalue weighted by Gasteiger charge is 2.36. The molecule has 2 aliphatic rings. The number of nitrogen functional groups attached to an aromatic ring is 1. The maximum atomic E-state index is 9.43. The lowest BCUT2D eigenvalue weighted by Gasteiger charge is -2.36. The third-order valence-electron chi connectivity index (χ3n) is 7.00. The predicted molar refractivity (Wildman–Crippen MR) is 131 cm³/mol. The molecule has 0 unspecified atom stereocenters. The van der Waals surface area contributed by atoms with Gasteiger partial charge < -0.3 is 21.5 Å². The van der Waals surface area contributed by atoms with Crippen LogP contribution in [-0.2, 0) is 18.4 Å². The maximum absolute atomic E-state index is 9.43. The van der Waals surface area contributed by atoms with E-state index in [1.165, 1.54) is 5.56 Å². The number of fused-ring (bicyclic) bond motifs is 3. The summed E-state index contributed by atoms with van der Waals surface area (Å²) in [6, 6.07) is 6.84. The third-order valence-corrected chi connectivity index (χ3v) is 7.00. The first-order valence-corrected chi connectivity index (χ1v) is 11.9. The van der Waals surface area contributed by atoms with Crippen molar-refractivity contribution in [2.75, 3.05) is 12.3 Å². The summed E-state index contributed by atoms with van der Waals surface area (Å²) in [7, 11) is 0. The van der Waals surface area contributed by atoms with Gasteiger partial charge >= 0.3 is 0 Å². The summed E-state index contributed by atoms with van der Waals surface area (Å²) in [4.78, 5) is 8.89. The summed E-state index contributed by atoms with van der Waals surface area (Å²) in [6.07, 6.45) is 6.49. The monoisotopic (exact) mass is 448 g/mol. The number of nitrogens with two attached hydrogens (primary N) is 2. The molecule has 2 aromatic rings. The number of aromatic nitrogens is 2. The van der Waals surface area contributed by atoms with E-state index < -0.39 is 5.41 Å². The van der Waals surface area contributed by atoms with Gasteiger partial charge in [-0.3, -0.25) is 0 Å². The van der Waals surface area contributed by atoms with Crippen molar-refractivity contribution in [3.63, 3.8) is 0 Å². The zero-order valence-corrected chi connectivity index (χ0v) is 20.2. The Bertz CT molecular complexity index is 1060. The molecule has 4 rings (SSSR count). The molecule has 1 fully saturated rings. The van der Waals surface area contributed by atoms with Crippen LogP contribution in [0.25, 0.3) is 11.3 Å². The quantitative estimate of drug-likeness (QED) is 0.613. The summed E-state index contributed by atoms with van der Waals surface area (Å²) >= 11 is 0. The molecule has 0 amide bonds. The van der Waals surface area contributed by atoms with E-state index in [0.29, 0.717) is 18.9 Å². The molecule has 176 valence electrons. The average Bonchev–Trinajstić information content (AvgIpc) is 2.76. The second-order valence-corrected chi connectivity index (χ2v) is 10.9. The lowest BCUT2D eigenvalue weighted by Crippen LogP contribution is -2.33. The Labute approximate surface area is 196 Å². The van der Waals surface area contributed by atoms with Gasteiger partial charge in [-0.05, 0) is 69.1 Å². The zero-order chi connectivity index (χ0) is 23.8. The molecule has 7 heteroatoms. The molecular formula is C26H36N6O. The van der Waals surface area contributed by atoms with Crippen LogP contribution >= 0.6 is 0 Å². The van der Waals surface area contributed by atoms with Crippen molar-refractivity contribution in [1.82, 2.24) is 15.3 Å². The summed E-state index contributed by atoms with van der Waals surface area (Å²) < 4.78 is 6.57. The summed E-state index contributed by atoms with van der Waals surface area (Å²) in [5.41, 5.74) is 17.1. The van der Waals surface area contributed by atoms with Gasteiger partial charge in [-0.1, -0.05) is 13.8 Å². The zero-order valence-electron chi connectivity index (χ0n) is 20.2. The van der Waals surface area contributed by atoms with Crippen molar-refractivity contribution >= 4 is 5.82 Å². The fraction of sp³-hybridized carbons (Fsp3) is 0.577. The Hall–Kier alpha value is -2.69. The molecule has 1 aromatic carbocycles. The van der Waals surface area contributed by atoms with E-state index in [4.69, 9.17) is 16.2 Å². The molecule has 1 aromatic heterocycles. The maximum Gasteiger partial charge on any atom is 0.131 e. The second-order valence-electron chi connectivity index (χ2n) is 10.9. The number of rotatable bonds is 6. The molecule has 2 aliphatic carbocycles.